The molecular weight excluding hydrogens is 328 g/mol. The second-order valence-corrected chi connectivity index (χ2v) is 6.03. The van der Waals surface area contributed by atoms with E-state index in [1.165, 1.54) is 6.07 Å². The molecule has 0 aromatic heterocycles. The first kappa shape index (κ1) is 17.4. The number of benzene rings is 3. The summed E-state index contributed by atoms with van der Waals surface area (Å²) in [6.07, 6.45) is 0.686. The zero-order valence-electron chi connectivity index (χ0n) is 14.3. The van der Waals surface area contributed by atoms with Gasteiger partial charge in [-0.25, -0.2) is 0 Å². The minimum absolute atomic E-state index is 0.0600. The Kier molecular flexibility index (Phi) is 5.08. The molecule has 130 valence electrons. The number of nitrogens with one attached hydrogen (secondary N) is 1. The van der Waals surface area contributed by atoms with Crippen molar-refractivity contribution in [1.29, 1.82) is 0 Å². The third-order valence-electron chi connectivity index (χ3n) is 4.17. The molecular formula is C21H18N2O3. The first-order valence-electron chi connectivity index (χ1n) is 8.23. The minimum Gasteiger partial charge on any atom is -0.322 e. The number of amides is 1. The lowest BCUT2D eigenvalue weighted by Crippen LogP contribution is -2.14. The Labute approximate surface area is 151 Å². The van der Waals surface area contributed by atoms with Crippen molar-refractivity contribution in [3.05, 3.63) is 105 Å². The molecule has 0 radical (unpaired) electrons. The molecule has 1 N–H and O–H groups in total. The fourth-order valence-corrected chi connectivity index (χ4v) is 2.75. The Balaban J connectivity index is 1.84. The van der Waals surface area contributed by atoms with Crippen LogP contribution in [0.1, 0.15) is 27.0 Å². The highest BCUT2D eigenvalue weighted by molar-refractivity contribution is 6.05. The smallest absolute Gasteiger partial charge is 0.273 e. The van der Waals surface area contributed by atoms with Crippen LogP contribution in [-0.2, 0) is 6.42 Å². The van der Waals surface area contributed by atoms with E-state index >= 15 is 0 Å². The van der Waals surface area contributed by atoms with Crippen LogP contribution >= 0.6 is 0 Å². The van der Waals surface area contributed by atoms with E-state index in [1.807, 2.05) is 54.6 Å². The maximum atomic E-state index is 12.6. The molecule has 0 heterocycles. The number of aryl methyl sites for hydroxylation is 1. The highest BCUT2D eigenvalue weighted by atomic mass is 16.6. The van der Waals surface area contributed by atoms with Crippen LogP contribution in [0.3, 0.4) is 0 Å². The number of carbonyl (C=O) groups is 1. The Hall–Kier alpha value is -3.47. The molecule has 0 saturated heterocycles. The quantitative estimate of drug-likeness (QED) is 0.535. The molecule has 0 aliphatic rings. The van der Waals surface area contributed by atoms with E-state index in [4.69, 9.17) is 0 Å². The maximum absolute atomic E-state index is 12.6. The summed E-state index contributed by atoms with van der Waals surface area (Å²) in [5.74, 6) is -0.367. The van der Waals surface area contributed by atoms with Crippen molar-refractivity contribution in [2.24, 2.45) is 0 Å². The average molecular weight is 346 g/mol. The van der Waals surface area contributed by atoms with Crippen LogP contribution in [0.2, 0.25) is 0 Å². The van der Waals surface area contributed by atoms with Crippen molar-refractivity contribution in [3.63, 3.8) is 0 Å². The summed E-state index contributed by atoms with van der Waals surface area (Å²) in [5.41, 5.74) is 3.54. The van der Waals surface area contributed by atoms with Crippen LogP contribution < -0.4 is 5.32 Å². The van der Waals surface area contributed by atoms with Gasteiger partial charge in [0.1, 0.15) is 0 Å². The molecule has 0 aliphatic heterocycles. The Bertz CT molecular complexity index is 952. The van der Waals surface area contributed by atoms with Gasteiger partial charge in [-0.05, 0) is 36.6 Å². The summed E-state index contributed by atoms with van der Waals surface area (Å²) in [6, 6.07) is 22.0. The summed E-state index contributed by atoms with van der Waals surface area (Å²) in [4.78, 5) is 23.2. The van der Waals surface area contributed by atoms with Gasteiger partial charge in [0.2, 0.25) is 0 Å². The van der Waals surface area contributed by atoms with Crippen molar-refractivity contribution in [1.82, 2.24) is 0 Å². The molecule has 3 aromatic carbocycles. The molecule has 5 heteroatoms. The first-order valence-corrected chi connectivity index (χ1v) is 8.23. The fraction of sp³-hybridized carbons (Fsp3) is 0.0952. The third kappa shape index (κ3) is 3.95. The molecule has 0 bridgehead atoms. The van der Waals surface area contributed by atoms with Gasteiger partial charge in [-0.3, -0.25) is 14.9 Å². The zero-order valence-corrected chi connectivity index (χ0v) is 14.3. The topological polar surface area (TPSA) is 72.2 Å². The van der Waals surface area contributed by atoms with Gasteiger partial charge in [-0.15, -0.1) is 0 Å². The van der Waals surface area contributed by atoms with Crippen molar-refractivity contribution >= 4 is 17.3 Å². The summed E-state index contributed by atoms with van der Waals surface area (Å²) in [6.45, 7) is 1.65. The predicted octanol–water partition coefficient (Wildman–Crippen LogP) is 4.75. The van der Waals surface area contributed by atoms with Crippen molar-refractivity contribution in [2.75, 3.05) is 5.32 Å². The Morgan fingerprint density at radius 2 is 1.69 bits per heavy atom. The number of para-hydroxylation sites is 1. The van der Waals surface area contributed by atoms with Crippen LogP contribution in [0.25, 0.3) is 0 Å². The number of hydrogen-bond donors (Lipinski definition) is 1. The Morgan fingerprint density at radius 3 is 2.42 bits per heavy atom. The van der Waals surface area contributed by atoms with Crippen LogP contribution in [0.4, 0.5) is 11.4 Å². The summed E-state index contributed by atoms with van der Waals surface area (Å²) < 4.78 is 0. The number of carbonyl (C=O) groups excluding carboxylic acids is 1. The standard InChI is InChI=1S/C21H18N2O3/c1-15-11-12-18(14-20(15)23(25)26)21(24)22-19-10-6-5-9-17(19)13-16-7-3-2-4-8-16/h2-12,14H,13H2,1H3,(H,22,24). The Morgan fingerprint density at radius 1 is 1.00 bits per heavy atom. The number of hydrogen-bond acceptors (Lipinski definition) is 3. The van der Waals surface area contributed by atoms with E-state index in [-0.39, 0.29) is 17.2 Å². The van der Waals surface area contributed by atoms with Crippen molar-refractivity contribution < 1.29 is 9.72 Å². The van der Waals surface area contributed by atoms with E-state index in [0.29, 0.717) is 17.7 Å². The summed E-state index contributed by atoms with van der Waals surface area (Å²) in [5, 5.41) is 14.0. The number of nitrogens with zero attached hydrogens (tertiary/aromatic N) is 1. The normalized spacial score (nSPS) is 10.3. The van der Waals surface area contributed by atoms with E-state index in [0.717, 1.165) is 11.1 Å². The zero-order chi connectivity index (χ0) is 18.5. The minimum atomic E-state index is -0.477. The first-order chi connectivity index (χ1) is 12.5. The molecule has 3 rings (SSSR count). The predicted molar refractivity (Wildman–Crippen MR) is 101 cm³/mol. The van der Waals surface area contributed by atoms with E-state index in [9.17, 15) is 14.9 Å². The molecule has 0 fully saturated rings. The molecule has 0 spiro atoms. The van der Waals surface area contributed by atoms with Gasteiger partial charge >= 0.3 is 0 Å². The van der Waals surface area contributed by atoms with Crippen LogP contribution in [-0.4, -0.2) is 10.8 Å². The molecule has 26 heavy (non-hydrogen) atoms. The molecule has 1 amide bonds. The van der Waals surface area contributed by atoms with Crippen LogP contribution in [0, 0.1) is 17.0 Å². The van der Waals surface area contributed by atoms with Crippen LogP contribution in [0.5, 0.6) is 0 Å². The van der Waals surface area contributed by atoms with Gasteiger partial charge in [0.05, 0.1) is 4.92 Å². The van der Waals surface area contributed by atoms with Gasteiger partial charge in [-0.1, -0.05) is 54.6 Å². The molecule has 5 nitrogen and oxygen atoms in total. The largest absolute Gasteiger partial charge is 0.322 e. The highest BCUT2D eigenvalue weighted by Gasteiger charge is 2.16. The van der Waals surface area contributed by atoms with E-state index < -0.39 is 4.92 Å². The molecule has 0 saturated carbocycles. The second-order valence-electron chi connectivity index (χ2n) is 6.03. The maximum Gasteiger partial charge on any atom is 0.273 e. The molecule has 0 aliphatic carbocycles. The molecule has 0 atom stereocenters. The SMILES string of the molecule is Cc1ccc(C(=O)Nc2ccccc2Cc2ccccc2)cc1[N+](=O)[O-]. The van der Waals surface area contributed by atoms with E-state index in [1.54, 1.807) is 19.1 Å². The lowest BCUT2D eigenvalue weighted by Gasteiger charge is -2.11. The van der Waals surface area contributed by atoms with Gasteiger partial charge in [-0.2, -0.15) is 0 Å². The number of nitro groups is 1. The lowest BCUT2D eigenvalue weighted by molar-refractivity contribution is -0.385. The number of nitro benzene ring substituents is 1. The fourth-order valence-electron chi connectivity index (χ4n) is 2.75. The summed E-state index contributed by atoms with van der Waals surface area (Å²) in [7, 11) is 0. The lowest BCUT2D eigenvalue weighted by atomic mass is 10.0. The molecule has 3 aromatic rings. The van der Waals surface area contributed by atoms with Crippen molar-refractivity contribution in [3.8, 4) is 0 Å². The molecule has 0 unspecified atom stereocenters. The van der Waals surface area contributed by atoms with Crippen molar-refractivity contribution in [2.45, 2.75) is 13.3 Å². The van der Waals surface area contributed by atoms with Gasteiger partial charge < -0.3 is 5.32 Å². The monoisotopic (exact) mass is 346 g/mol. The average Bonchev–Trinajstić information content (AvgIpc) is 2.64. The summed E-state index contributed by atoms with van der Waals surface area (Å²) >= 11 is 0. The van der Waals surface area contributed by atoms with Gasteiger partial charge in [0.15, 0.2) is 0 Å². The second kappa shape index (κ2) is 7.61. The van der Waals surface area contributed by atoms with E-state index in [2.05, 4.69) is 5.32 Å². The van der Waals surface area contributed by atoms with Gasteiger partial charge in [0, 0.05) is 22.9 Å². The number of anilines is 1. The number of rotatable bonds is 5. The highest BCUT2D eigenvalue weighted by Crippen LogP contribution is 2.22. The van der Waals surface area contributed by atoms with Crippen LogP contribution in [0.15, 0.2) is 72.8 Å². The third-order valence-corrected chi connectivity index (χ3v) is 4.17. The van der Waals surface area contributed by atoms with Gasteiger partial charge in [0.25, 0.3) is 11.6 Å².